The summed E-state index contributed by atoms with van der Waals surface area (Å²) in [7, 11) is 0. The maximum absolute atomic E-state index is 8.98. The maximum Gasteiger partial charge on any atom is 0.0641 e. The van der Waals surface area contributed by atoms with E-state index >= 15 is 0 Å². The van der Waals surface area contributed by atoms with Gasteiger partial charge in [0.05, 0.1) is 12.5 Å². The van der Waals surface area contributed by atoms with E-state index < -0.39 is 0 Å². The van der Waals surface area contributed by atoms with E-state index in [-0.39, 0.29) is 6.04 Å². The quantitative estimate of drug-likeness (QED) is 0.863. The Morgan fingerprint density at radius 1 is 1.21 bits per heavy atom. The van der Waals surface area contributed by atoms with Crippen molar-refractivity contribution >= 4 is 11.3 Å². The predicted molar refractivity (Wildman–Crippen MR) is 80.0 cm³/mol. The summed E-state index contributed by atoms with van der Waals surface area (Å²) in [6, 6.07) is 17.2. The summed E-state index contributed by atoms with van der Waals surface area (Å²) in [5.74, 6) is 0. The van der Waals surface area contributed by atoms with Crippen molar-refractivity contribution in [1.29, 1.82) is 5.26 Å². The van der Waals surface area contributed by atoms with Crippen LogP contribution in [-0.2, 0) is 6.42 Å². The third-order valence-electron chi connectivity index (χ3n) is 3.07. The van der Waals surface area contributed by atoms with Crippen LogP contribution >= 0.6 is 11.3 Å². The van der Waals surface area contributed by atoms with Gasteiger partial charge in [0.25, 0.3) is 0 Å². The fourth-order valence-corrected chi connectivity index (χ4v) is 3.02. The number of nitriles is 1. The minimum atomic E-state index is 0.112. The molecule has 98 valence electrons. The molecule has 19 heavy (non-hydrogen) atoms. The molecule has 2 rings (SSSR count). The van der Waals surface area contributed by atoms with Crippen molar-refractivity contribution < 1.29 is 0 Å². The van der Waals surface area contributed by atoms with Gasteiger partial charge in [0.15, 0.2) is 0 Å². The van der Waals surface area contributed by atoms with E-state index in [4.69, 9.17) is 5.26 Å². The number of hydrogen-bond donors (Lipinski definition) is 1. The molecule has 0 saturated heterocycles. The van der Waals surface area contributed by atoms with Crippen LogP contribution in [0.1, 0.15) is 29.8 Å². The van der Waals surface area contributed by atoms with Gasteiger partial charge < -0.3 is 5.32 Å². The van der Waals surface area contributed by atoms with Gasteiger partial charge in [0.2, 0.25) is 0 Å². The first kappa shape index (κ1) is 13.8. The molecule has 1 aromatic heterocycles. The average molecular weight is 270 g/mol. The minimum absolute atomic E-state index is 0.112. The molecule has 0 saturated carbocycles. The standard InChI is InChI=1S/C16H18N2S/c1-13(12-15-8-5-11-19-15)18-16(9-10-17)14-6-3-2-4-7-14/h2-8,11,13,16,18H,9,12H2,1H3. The second kappa shape index (κ2) is 7.08. The first-order valence-corrected chi connectivity index (χ1v) is 7.38. The predicted octanol–water partition coefficient (Wildman–Crippen LogP) is 3.92. The topological polar surface area (TPSA) is 35.8 Å². The Kier molecular flexibility index (Phi) is 5.14. The van der Waals surface area contributed by atoms with Gasteiger partial charge in [-0.25, -0.2) is 0 Å². The van der Waals surface area contributed by atoms with Crippen molar-refractivity contribution in [2.45, 2.75) is 31.8 Å². The lowest BCUT2D eigenvalue weighted by Crippen LogP contribution is -2.31. The van der Waals surface area contributed by atoms with Gasteiger partial charge in [-0.1, -0.05) is 36.4 Å². The maximum atomic E-state index is 8.98. The summed E-state index contributed by atoms with van der Waals surface area (Å²) in [5, 5.41) is 14.6. The van der Waals surface area contributed by atoms with Crippen LogP contribution in [0, 0.1) is 11.3 Å². The van der Waals surface area contributed by atoms with E-state index in [0.29, 0.717) is 12.5 Å². The van der Waals surface area contributed by atoms with E-state index in [1.54, 1.807) is 11.3 Å². The van der Waals surface area contributed by atoms with Crippen LogP contribution in [0.25, 0.3) is 0 Å². The Morgan fingerprint density at radius 2 is 2.00 bits per heavy atom. The minimum Gasteiger partial charge on any atom is -0.306 e. The molecule has 1 aromatic carbocycles. The molecule has 0 fully saturated rings. The number of nitrogens with one attached hydrogen (secondary N) is 1. The zero-order chi connectivity index (χ0) is 13.5. The molecule has 2 atom stereocenters. The molecule has 2 aromatic rings. The molecular weight excluding hydrogens is 252 g/mol. The fraction of sp³-hybridized carbons (Fsp3) is 0.312. The molecule has 0 spiro atoms. The summed E-state index contributed by atoms with van der Waals surface area (Å²) in [6.45, 7) is 2.17. The highest BCUT2D eigenvalue weighted by molar-refractivity contribution is 7.09. The van der Waals surface area contributed by atoms with Gasteiger partial charge in [-0.05, 0) is 30.4 Å². The average Bonchev–Trinajstić information content (AvgIpc) is 2.92. The Bertz CT molecular complexity index is 513. The van der Waals surface area contributed by atoms with Crippen LogP contribution < -0.4 is 5.32 Å². The van der Waals surface area contributed by atoms with E-state index in [2.05, 4.69) is 48.0 Å². The molecule has 1 N–H and O–H groups in total. The largest absolute Gasteiger partial charge is 0.306 e. The van der Waals surface area contributed by atoms with E-state index in [0.717, 1.165) is 6.42 Å². The lowest BCUT2D eigenvalue weighted by atomic mass is 10.0. The van der Waals surface area contributed by atoms with Crippen molar-refractivity contribution in [2.75, 3.05) is 0 Å². The molecule has 0 aliphatic carbocycles. The van der Waals surface area contributed by atoms with Crippen molar-refractivity contribution in [3.05, 3.63) is 58.3 Å². The van der Waals surface area contributed by atoms with Gasteiger partial charge in [-0.2, -0.15) is 5.26 Å². The number of benzene rings is 1. The van der Waals surface area contributed by atoms with Crippen LogP contribution in [0.3, 0.4) is 0 Å². The third-order valence-corrected chi connectivity index (χ3v) is 3.97. The first-order valence-electron chi connectivity index (χ1n) is 6.50. The fourth-order valence-electron chi connectivity index (χ4n) is 2.18. The molecule has 0 aliphatic heterocycles. The van der Waals surface area contributed by atoms with Crippen molar-refractivity contribution in [3.8, 4) is 6.07 Å². The molecular formula is C16H18N2S. The highest BCUT2D eigenvalue weighted by Crippen LogP contribution is 2.18. The summed E-state index contributed by atoms with van der Waals surface area (Å²) < 4.78 is 0. The number of thiophene rings is 1. The summed E-state index contributed by atoms with van der Waals surface area (Å²) in [4.78, 5) is 1.38. The molecule has 0 bridgehead atoms. The Balaban J connectivity index is 1.99. The number of nitrogens with zero attached hydrogens (tertiary/aromatic N) is 1. The summed E-state index contributed by atoms with van der Waals surface area (Å²) in [5.41, 5.74) is 1.18. The SMILES string of the molecule is CC(Cc1cccs1)NC(CC#N)c1ccccc1. The monoisotopic (exact) mass is 270 g/mol. The first-order chi connectivity index (χ1) is 9.29. The summed E-state index contributed by atoms with van der Waals surface area (Å²) in [6.07, 6.45) is 1.51. The van der Waals surface area contributed by atoms with Crippen LogP contribution in [0.4, 0.5) is 0 Å². The molecule has 1 heterocycles. The molecule has 2 nitrogen and oxygen atoms in total. The van der Waals surface area contributed by atoms with Gasteiger partial charge in [0.1, 0.15) is 0 Å². The Labute approximate surface area is 118 Å². The number of hydrogen-bond acceptors (Lipinski definition) is 3. The van der Waals surface area contributed by atoms with E-state index in [1.807, 2.05) is 18.2 Å². The molecule has 0 amide bonds. The molecule has 0 aliphatic rings. The van der Waals surface area contributed by atoms with Crippen LogP contribution in [0.5, 0.6) is 0 Å². The lowest BCUT2D eigenvalue weighted by Gasteiger charge is -2.21. The van der Waals surface area contributed by atoms with Crippen molar-refractivity contribution in [2.24, 2.45) is 0 Å². The van der Waals surface area contributed by atoms with Crippen LogP contribution in [0.2, 0.25) is 0 Å². The number of rotatable bonds is 6. The van der Waals surface area contributed by atoms with Crippen molar-refractivity contribution in [3.63, 3.8) is 0 Å². The van der Waals surface area contributed by atoms with E-state index in [9.17, 15) is 0 Å². The third kappa shape index (κ3) is 4.20. The highest BCUT2D eigenvalue weighted by atomic mass is 32.1. The Morgan fingerprint density at radius 3 is 2.63 bits per heavy atom. The molecule has 2 unspecified atom stereocenters. The highest BCUT2D eigenvalue weighted by Gasteiger charge is 2.14. The van der Waals surface area contributed by atoms with Crippen LogP contribution in [0.15, 0.2) is 47.8 Å². The zero-order valence-electron chi connectivity index (χ0n) is 11.0. The van der Waals surface area contributed by atoms with E-state index in [1.165, 1.54) is 10.4 Å². The van der Waals surface area contributed by atoms with Gasteiger partial charge in [-0.15, -0.1) is 11.3 Å². The second-order valence-electron chi connectivity index (χ2n) is 4.68. The van der Waals surface area contributed by atoms with Gasteiger partial charge >= 0.3 is 0 Å². The molecule has 0 radical (unpaired) electrons. The van der Waals surface area contributed by atoms with Crippen LogP contribution in [-0.4, -0.2) is 6.04 Å². The van der Waals surface area contributed by atoms with Gasteiger partial charge in [-0.3, -0.25) is 0 Å². The Hall–Kier alpha value is -1.63. The zero-order valence-corrected chi connectivity index (χ0v) is 11.9. The lowest BCUT2D eigenvalue weighted by molar-refractivity contribution is 0.459. The second-order valence-corrected chi connectivity index (χ2v) is 5.71. The van der Waals surface area contributed by atoms with Gasteiger partial charge in [0, 0.05) is 17.0 Å². The summed E-state index contributed by atoms with van der Waals surface area (Å²) >= 11 is 1.78. The van der Waals surface area contributed by atoms with Crippen molar-refractivity contribution in [1.82, 2.24) is 5.32 Å². The molecule has 3 heteroatoms. The smallest absolute Gasteiger partial charge is 0.0641 e. The normalized spacial score (nSPS) is 13.7.